The van der Waals surface area contributed by atoms with Crippen molar-refractivity contribution in [2.24, 2.45) is 23.7 Å². The number of fused-ring (bicyclic) bond motifs is 7. The summed E-state index contributed by atoms with van der Waals surface area (Å²) in [4.78, 5) is 0. The maximum atomic E-state index is 5.89. The van der Waals surface area contributed by atoms with Crippen molar-refractivity contribution in [2.75, 3.05) is 6.61 Å². The van der Waals surface area contributed by atoms with Crippen molar-refractivity contribution in [2.45, 2.75) is 37.6 Å². The summed E-state index contributed by atoms with van der Waals surface area (Å²) in [6.45, 7) is 4.45. The molecular weight excluding hydrogens is 188 g/mol. The summed E-state index contributed by atoms with van der Waals surface area (Å²) >= 11 is 0. The van der Waals surface area contributed by atoms with E-state index in [4.69, 9.17) is 9.47 Å². The van der Waals surface area contributed by atoms with Crippen molar-refractivity contribution < 1.29 is 9.47 Å². The van der Waals surface area contributed by atoms with E-state index in [0.717, 1.165) is 30.3 Å². The Bertz CT molecular complexity index is 301. The van der Waals surface area contributed by atoms with Gasteiger partial charge >= 0.3 is 0 Å². The van der Waals surface area contributed by atoms with Crippen LogP contribution in [0.1, 0.15) is 19.3 Å². The lowest BCUT2D eigenvalue weighted by atomic mass is 9.79. The summed E-state index contributed by atoms with van der Waals surface area (Å²) in [6.07, 6.45) is 7.71. The van der Waals surface area contributed by atoms with E-state index in [-0.39, 0.29) is 0 Å². The van der Waals surface area contributed by atoms with Crippen molar-refractivity contribution in [3.05, 3.63) is 12.7 Å². The Labute approximate surface area is 90.6 Å². The molecule has 2 heteroatoms. The Kier molecular flexibility index (Phi) is 1.67. The highest BCUT2D eigenvalue weighted by molar-refractivity contribution is 5.14. The molecule has 0 aromatic rings. The minimum atomic E-state index is 0.511. The van der Waals surface area contributed by atoms with E-state index < -0.39 is 0 Å². The van der Waals surface area contributed by atoms with E-state index >= 15 is 0 Å². The van der Waals surface area contributed by atoms with Gasteiger partial charge in [0.1, 0.15) is 0 Å². The highest BCUT2D eigenvalue weighted by Gasteiger charge is 2.66. The van der Waals surface area contributed by atoms with Crippen molar-refractivity contribution in [1.29, 1.82) is 0 Å². The smallest absolute Gasteiger partial charge is 0.0876 e. The summed E-state index contributed by atoms with van der Waals surface area (Å²) in [7, 11) is 0. The first-order valence-corrected chi connectivity index (χ1v) is 6.26. The van der Waals surface area contributed by atoms with Crippen molar-refractivity contribution in [3.63, 3.8) is 0 Å². The van der Waals surface area contributed by atoms with Crippen LogP contribution in [0.25, 0.3) is 0 Å². The normalized spacial score (nSPS) is 59.1. The van der Waals surface area contributed by atoms with Gasteiger partial charge in [-0.1, -0.05) is 6.08 Å². The minimum Gasteiger partial charge on any atom is -0.374 e. The predicted molar refractivity (Wildman–Crippen MR) is 56.4 cm³/mol. The second kappa shape index (κ2) is 2.86. The molecule has 4 aliphatic rings. The molecule has 0 aromatic carbocycles. The second-order valence-electron chi connectivity index (χ2n) is 5.67. The van der Waals surface area contributed by atoms with Crippen molar-refractivity contribution in [3.8, 4) is 0 Å². The topological polar surface area (TPSA) is 21.8 Å². The summed E-state index contributed by atoms with van der Waals surface area (Å²) in [5, 5.41) is 0. The number of hydrogen-bond donors (Lipinski definition) is 0. The van der Waals surface area contributed by atoms with Gasteiger partial charge in [0, 0.05) is 0 Å². The molecule has 2 nitrogen and oxygen atoms in total. The van der Waals surface area contributed by atoms with Crippen LogP contribution in [0.2, 0.25) is 0 Å². The standard InChI is InChI=1S/C13H18O2/c1-2-3-14-10-5-7-4-9(10)12-8(7)6-11-13(12)15-11/h2,7-13H,1,3-6H2/t7-,8+,9-,10-,11+,12-,13-/m0/s1. The maximum Gasteiger partial charge on any atom is 0.0876 e. The highest BCUT2D eigenvalue weighted by Crippen LogP contribution is 2.64. The van der Waals surface area contributed by atoms with E-state index in [2.05, 4.69) is 6.58 Å². The average Bonchev–Trinajstić information content (AvgIpc) is 2.65. The van der Waals surface area contributed by atoms with Crippen LogP contribution in [0.4, 0.5) is 0 Å². The summed E-state index contributed by atoms with van der Waals surface area (Å²) in [5.41, 5.74) is 0. The number of rotatable bonds is 3. The van der Waals surface area contributed by atoms with Gasteiger partial charge in [0.15, 0.2) is 0 Å². The molecule has 0 spiro atoms. The first-order valence-electron chi connectivity index (χ1n) is 6.26. The lowest BCUT2D eigenvalue weighted by molar-refractivity contribution is -0.0107. The van der Waals surface area contributed by atoms with Crippen LogP contribution in [0.5, 0.6) is 0 Å². The molecule has 3 saturated carbocycles. The molecule has 1 aliphatic heterocycles. The third-order valence-corrected chi connectivity index (χ3v) is 5.12. The van der Waals surface area contributed by atoms with E-state index in [1.165, 1.54) is 19.3 Å². The molecule has 2 bridgehead atoms. The molecule has 0 unspecified atom stereocenters. The summed E-state index contributed by atoms with van der Waals surface area (Å²) in [6, 6.07) is 0. The van der Waals surface area contributed by atoms with E-state index in [0.29, 0.717) is 18.3 Å². The quantitative estimate of drug-likeness (QED) is 0.520. The molecule has 7 atom stereocenters. The molecular formula is C13H18O2. The van der Waals surface area contributed by atoms with Crippen molar-refractivity contribution in [1.82, 2.24) is 0 Å². The van der Waals surface area contributed by atoms with Crippen LogP contribution in [-0.2, 0) is 9.47 Å². The van der Waals surface area contributed by atoms with Crippen LogP contribution < -0.4 is 0 Å². The Morgan fingerprint density at radius 2 is 2.20 bits per heavy atom. The number of hydrogen-bond acceptors (Lipinski definition) is 2. The monoisotopic (exact) mass is 206 g/mol. The number of ether oxygens (including phenoxy) is 2. The SMILES string of the molecule is C=CCO[C@H]1C[C@@H]2C[C@@H]1[C@@H]1[C@@H]2C[C@H]2O[C@H]12. The first kappa shape index (κ1) is 8.77. The van der Waals surface area contributed by atoms with E-state index in [1.54, 1.807) is 0 Å². The Hall–Kier alpha value is -0.340. The lowest BCUT2D eigenvalue weighted by Gasteiger charge is -2.32. The Morgan fingerprint density at radius 3 is 3.07 bits per heavy atom. The fourth-order valence-corrected chi connectivity index (χ4v) is 4.63. The predicted octanol–water partition coefficient (Wildman–Crippen LogP) is 2.00. The largest absolute Gasteiger partial charge is 0.374 e. The van der Waals surface area contributed by atoms with Gasteiger partial charge in [0.2, 0.25) is 0 Å². The molecule has 0 aromatic heterocycles. The van der Waals surface area contributed by atoms with Gasteiger partial charge in [-0.25, -0.2) is 0 Å². The van der Waals surface area contributed by atoms with Crippen LogP contribution in [0, 0.1) is 23.7 Å². The van der Waals surface area contributed by atoms with E-state index in [9.17, 15) is 0 Å². The average molecular weight is 206 g/mol. The van der Waals surface area contributed by atoms with Crippen LogP contribution in [-0.4, -0.2) is 24.9 Å². The fourth-order valence-electron chi connectivity index (χ4n) is 4.63. The zero-order valence-electron chi connectivity index (χ0n) is 8.97. The summed E-state index contributed by atoms with van der Waals surface area (Å²) < 4.78 is 11.6. The summed E-state index contributed by atoms with van der Waals surface area (Å²) in [5.74, 6) is 3.59. The maximum absolute atomic E-state index is 5.89. The molecule has 15 heavy (non-hydrogen) atoms. The third kappa shape index (κ3) is 1.07. The highest BCUT2D eigenvalue weighted by atomic mass is 16.6. The van der Waals surface area contributed by atoms with E-state index in [1.807, 2.05) is 6.08 Å². The van der Waals surface area contributed by atoms with Gasteiger partial charge in [-0.3, -0.25) is 0 Å². The van der Waals surface area contributed by atoms with Crippen LogP contribution >= 0.6 is 0 Å². The van der Waals surface area contributed by atoms with Gasteiger partial charge in [-0.05, 0) is 42.9 Å². The third-order valence-electron chi connectivity index (χ3n) is 5.12. The van der Waals surface area contributed by atoms with Crippen LogP contribution in [0.3, 0.4) is 0 Å². The molecule has 82 valence electrons. The van der Waals surface area contributed by atoms with Crippen molar-refractivity contribution >= 4 is 0 Å². The Morgan fingerprint density at radius 1 is 1.27 bits per heavy atom. The zero-order valence-corrected chi connectivity index (χ0v) is 8.97. The lowest BCUT2D eigenvalue weighted by Crippen LogP contribution is -2.33. The first-order chi connectivity index (χ1) is 7.38. The van der Waals surface area contributed by atoms with Gasteiger partial charge in [-0.2, -0.15) is 0 Å². The minimum absolute atomic E-state index is 0.511. The molecule has 1 heterocycles. The molecule has 0 radical (unpaired) electrons. The van der Waals surface area contributed by atoms with Gasteiger partial charge in [-0.15, -0.1) is 6.58 Å². The second-order valence-corrected chi connectivity index (χ2v) is 5.67. The molecule has 1 saturated heterocycles. The number of epoxide rings is 1. The Balaban J connectivity index is 1.52. The van der Waals surface area contributed by atoms with Crippen LogP contribution in [0.15, 0.2) is 12.7 Å². The molecule has 4 fully saturated rings. The molecule has 3 aliphatic carbocycles. The molecule has 4 rings (SSSR count). The molecule has 0 amide bonds. The zero-order chi connectivity index (χ0) is 9.99. The molecule has 0 N–H and O–H groups in total. The van der Waals surface area contributed by atoms with Gasteiger partial charge in [0.25, 0.3) is 0 Å². The van der Waals surface area contributed by atoms with Gasteiger partial charge in [0.05, 0.1) is 24.9 Å². The fraction of sp³-hybridized carbons (Fsp3) is 0.846. The van der Waals surface area contributed by atoms with Gasteiger partial charge < -0.3 is 9.47 Å².